The molecule has 2 aromatic carbocycles. The van der Waals surface area contributed by atoms with Crippen LogP contribution < -0.4 is 20.7 Å². The van der Waals surface area contributed by atoms with Crippen molar-refractivity contribution in [2.24, 2.45) is 5.92 Å². The Kier molecular flexibility index (Phi) is 5.12. The highest BCUT2D eigenvalue weighted by Gasteiger charge is 2.30. The maximum Gasteiger partial charge on any atom is 0.323 e. The molecular weight excluding hydrogens is 408 g/mol. The second-order valence-electron chi connectivity index (χ2n) is 7.44. The molecule has 0 radical (unpaired) electrons. The average Bonchev–Trinajstić information content (AvgIpc) is 3.57. The highest BCUT2D eigenvalue weighted by molar-refractivity contribution is 5.99. The largest absolute Gasteiger partial charge is 0.438 e. The molecule has 0 atom stereocenters. The Labute approximate surface area is 183 Å². The summed E-state index contributed by atoms with van der Waals surface area (Å²) in [5, 5.41) is 12.7. The fourth-order valence-corrected chi connectivity index (χ4v) is 3.09. The number of carbonyl (C=O) groups is 2. The van der Waals surface area contributed by atoms with E-state index in [2.05, 4.69) is 26.0 Å². The predicted octanol–water partition coefficient (Wildman–Crippen LogP) is 4.51. The van der Waals surface area contributed by atoms with E-state index in [9.17, 15) is 9.59 Å². The van der Waals surface area contributed by atoms with Gasteiger partial charge in [0.25, 0.3) is 0 Å². The molecule has 160 valence electrons. The molecule has 4 aromatic rings. The lowest BCUT2D eigenvalue weighted by Gasteiger charge is -2.09. The fourth-order valence-electron chi connectivity index (χ4n) is 3.09. The van der Waals surface area contributed by atoms with Gasteiger partial charge in [-0.2, -0.15) is 0 Å². The van der Waals surface area contributed by atoms with Crippen LogP contribution in [0.4, 0.5) is 22.0 Å². The first-order valence-corrected chi connectivity index (χ1v) is 10.2. The summed E-state index contributed by atoms with van der Waals surface area (Å²) in [6.45, 7) is 0. The lowest BCUT2D eigenvalue weighted by atomic mass is 10.3. The van der Waals surface area contributed by atoms with Gasteiger partial charge in [0, 0.05) is 23.4 Å². The lowest BCUT2D eigenvalue weighted by molar-refractivity contribution is -0.117. The first kappa shape index (κ1) is 19.6. The second-order valence-corrected chi connectivity index (χ2v) is 7.44. The van der Waals surface area contributed by atoms with E-state index in [0.29, 0.717) is 34.5 Å². The first-order chi connectivity index (χ1) is 15.6. The summed E-state index contributed by atoms with van der Waals surface area (Å²) >= 11 is 0. The van der Waals surface area contributed by atoms with Crippen LogP contribution in [0.15, 0.2) is 72.9 Å². The van der Waals surface area contributed by atoms with Crippen molar-refractivity contribution in [2.45, 2.75) is 12.8 Å². The molecule has 2 heterocycles. The van der Waals surface area contributed by atoms with E-state index in [4.69, 9.17) is 4.74 Å². The number of rotatable bonds is 6. The van der Waals surface area contributed by atoms with Crippen LogP contribution in [0, 0.1) is 5.92 Å². The van der Waals surface area contributed by atoms with E-state index < -0.39 is 0 Å². The third-order valence-electron chi connectivity index (χ3n) is 4.86. The number of benzene rings is 2. The molecule has 3 amide bonds. The van der Waals surface area contributed by atoms with E-state index in [-0.39, 0.29) is 17.9 Å². The number of nitrogens with zero attached hydrogens (tertiary/aromatic N) is 3. The zero-order valence-electron chi connectivity index (χ0n) is 17.0. The van der Waals surface area contributed by atoms with Crippen LogP contribution >= 0.6 is 0 Å². The number of aromatic nitrogens is 3. The summed E-state index contributed by atoms with van der Waals surface area (Å²) < 4.78 is 7.36. The maximum atomic E-state index is 12.1. The van der Waals surface area contributed by atoms with E-state index in [0.717, 1.165) is 12.8 Å². The number of ether oxygens (including phenoxy) is 1. The maximum absolute atomic E-state index is 12.1. The van der Waals surface area contributed by atoms with Gasteiger partial charge in [0.1, 0.15) is 5.75 Å². The van der Waals surface area contributed by atoms with Gasteiger partial charge in [-0.15, -0.1) is 5.10 Å². The van der Waals surface area contributed by atoms with Crippen molar-refractivity contribution in [2.75, 3.05) is 16.0 Å². The number of anilines is 3. The number of imidazole rings is 1. The molecule has 0 saturated heterocycles. The topological polar surface area (TPSA) is 110 Å². The molecule has 0 bridgehead atoms. The van der Waals surface area contributed by atoms with Gasteiger partial charge in [0.2, 0.25) is 11.8 Å². The van der Waals surface area contributed by atoms with E-state index in [1.807, 2.05) is 30.3 Å². The fraction of sp³-hybridized carbons (Fsp3) is 0.130. The van der Waals surface area contributed by atoms with Gasteiger partial charge < -0.3 is 20.7 Å². The first-order valence-electron chi connectivity index (χ1n) is 10.2. The highest BCUT2D eigenvalue weighted by Crippen LogP contribution is 2.30. The molecule has 1 aliphatic carbocycles. The minimum Gasteiger partial charge on any atom is -0.438 e. The number of para-hydroxylation sites is 1. The van der Waals surface area contributed by atoms with Gasteiger partial charge >= 0.3 is 6.03 Å². The second kappa shape index (κ2) is 8.38. The molecule has 0 aliphatic heterocycles. The lowest BCUT2D eigenvalue weighted by Crippen LogP contribution is -2.19. The summed E-state index contributed by atoms with van der Waals surface area (Å²) in [4.78, 5) is 28.4. The van der Waals surface area contributed by atoms with Gasteiger partial charge in [-0.3, -0.25) is 4.79 Å². The molecule has 32 heavy (non-hydrogen) atoms. The number of amides is 3. The van der Waals surface area contributed by atoms with Crippen molar-refractivity contribution in [1.29, 1.82) is 0 Å². The van der Waals surface area contributed by atoms with Crippen LogP contribution in [-0.4, -0.2) is 26.5 Å². The smallest absolute Gasteiger partial charge is 0.323 e. The van der Waals surface area contributed by atoms with Crippen molar-refractivity contribution < 1.29 is 14.3 Å². The van der Waals surface area contributed by atoms with Crippen molar-refractivity contribution >= 4 is 34.8 Å². The van der Waals surface area contributed by atoms with Gasteiger partial charge in [-0.25, -0.2) is 14.3 Å². The van der Waals surface area contributed by atoms with Crippen molar-refractivity contribution in [1.82, 2.24) is 14.6 Å². The molecule has 0 spiro atoms. The molecule has 5 rings (SSSR count). The van der Waals surface area contributed by atoms with Crippen molar-refractivity contribution in [3.8, 4) is 11.6 Å². The SMILES string of the molecule is O=C(Nc1ccccc1)Nc1ccc(Oc2ccc3nc(NC(=O)C4CC4)cn3n2)cc1. The number of urea groups is 1. The molecule has 3 N–H and O–H groups in total. The van der Waals surface area contributed by atoms with Gasteiger partial charge in [-0.1, -0.05) is 18.2 Å². The third-order valence-corrected chi connectivity index (χ3v) is 4.86. The Morgan fingerprint density at radius 3 is 2.31 bits per heavy atom. The number of hydrogen-bond acceptors (Lipinski definition) is 5. The Bertz CT molecular complexity index is 1270. The number of hydrogen-bond donors (Lipinski definition) is 3. The normalized spacial score (nSPS) is 12.9. The van der Waals surface area contributed by atoms with Crippen molar-refractivity contribution in [3.63, 3.8) is 0 Å². The van der Waals surface area contributed by atoms with Crippen LogP contribution in [-0.2, 0) is 4.79 Å². The van der Waals surface area contributed by atoms with Crippen LogP contribution in [0.3, 0.4) is 0 Å². The summed E-state index contributed by atoms with van der Waals surface area (Å²) in [7, 11) is 0. The standard InChI is InChI=1S/C23H20N6O3/c30-22(15-6-7-15)27-19-14-29-20(26-19)12-13-21(28-29)32-18-10-8-17(9-11-18)25-23(31)24-16-4-2-1-3-5-16/h1-5,8-15H,6-7H2,(H,27,30)(H2,24,25,31). The van der Waals surface area contributed by atoms with Gasteiger partial charge in [0.15, 0.2) is 11.5 Å². The number of fused-ring (bicyclic) bond motifs is 1. The predicted molar refractivity (Wildman–Crippen MR) is 120 cm³/mol. The van der Waals surface area contributed by atoms with Crippen LogP contribution in [0.2, 0.25) is 0 Å². The number of nitrogens with one attached hydrogen (secondary N) is 3. The van der Waals surface area contributed by atoms with E-state index in [1.54, 1.807) is 47.1 Å². The Morgan fingerprint density at radius 1 is 0.875 bits per heavy atom. The zero-order chi connectivity index (χ0) is 21.9. The molecule has 1 aliphatic rings. The Balaban J connectivity index is 1.21. The molecule has 0 unspecified atom stereocenters. The zero-order valence-corrected chi connectivity index (χ0v) is 17.0. The van der Waals surface area contributed by atoms with Gasteiger partial charge in [-0.05, 0) is 55.3 Å². The van der Waals surface area contributed by atoms with Crippen molar-refractivity contribution in [3.05, 3.63) is 72.9 Å². The minimum atomic E-state index is -0.332. The highest BCUT2D eigenvalue weighted by atomic mass is 16.5. The summed E-state index contributed by atoms with van der Waals surface area (Å²) in [5.41, 5.74) is 1.94. The molecule has 2 aromatic heterocycles. The molecule has 9 heteroatoms. The minimum absolute atomic E-state index is 0.00368. The monoisotopic (exact) mass is 428 g/mol. The number of carbonyl (C=O) groups excluding carboxylic acids is 2. The Hall–Kier alpha value is -4.40. The van der Waals surface area contributed by atoms with Crippen LogP contribution in [0.25, 0.3) is 5.65 Å². The summed E-state index contributed by atoms with van der Waals surface area (Å²) in [5.74, 6) is 1.51. The molecule has 1 fully saturated rings. The van der Waals surface area contributed by atoms with Crippen LogP contribution in [0.1, 0.15) is 12.8 Å². The quantitative estimate of drug-likeness (QED) is 0.418. The summed E-state index contributed by atoms with van der Waals surface area (Å²) in [6, 6.07) is 19.3. The van der Waals surface area contributed by atoms with Gasteiger partial charge in [0.05, 0.1) is 6.20 Å². The summed E-state index contributed by atoms with van der Waals surface area (Å²) in [6.07, 6.45) is 3.52. The van der Waals surface area contributed by atoms with E-state index in [1.165, 1.54) is 0 Å². The third kappa shape index (κ3) is 4.67. The molecular formula is C23H20N6O3. The molecule has 9 nitrogen and oxygen atoms in total. The Morgan fingerprint density at radius 2 is 1.59 bits per heavy atom. The van der Waals surface area contributed by atoms with E-state index >= 15 is 0 Å². The average molecular weight is 428 g/mol. The molecule has 1 saturated carbocycles. The van der Waals surface area contributed by atoms with Crippen LogP contribution in [0.5, 0.6) is 11.6 Å².